The van der Waals surface area contributed by atoms with Gasteiger partial charge in [-0.3, -0.25) is 0 Å². The minimum atomic E-state index is 0. The van der Waals surface area contributed by atoms with Crippen molar-refractivity contribution in [3.8, 4) is 0 Å². The fourth-order valence-corrected chi connectivity index (χ4v) is 5.82. The third kappa shape index (κ3) is 3.04. The predicted molar refractivity (Wildman–Crippen MR) is 93.4 cm³/mol. The molecule has 1 heterocycles. The van der Waals surface area contributed by atoms with Gasteiger partial charge in [0.1, 0.15) is 0 Å². The van der Waals surface area contributed by atoms with Crippen molar-refractivity contribution in [2.45, 2.75) is 70.9 Å². The van der Waals surface area contributed by atoms with Gasteiger partial charge in [0.05, 0.1) is 0 Å². The van der Waals surface area contributed by atoms with Crippen molar-refractivity contribution >= 4 is 23.7 Å². The summed E-state index contributed by atoms with van der Waals surface area (Å²) in [5, 5.41) is 6.15. The van der Waals surface area contributed by atoms with Gasteiger partial charge in [-0.05, 0) is 85.6 Å². The van der Waals surface area contributed by atoms with Crippen molar-refractivity contribution in [1.29, 1.82) is 0 Å². The summed E-state index contributed by atoms with van der Waals surface area (Å²) in [6, 6.07) is 3.05. The highest BCUT2D eigenvalue weighted by Crippen LogP contribution is 2.57. The maximum absolute atomic E-state index is 3.86. The van der Waals surface area contributed by atoms with Gasteiger partial charge < -0.3 is 5.32 Å². The zero-order valence-electron chi connectivity index (χ0n) is 13.2. The van der Waals surface area contributed by atoms with Gasteiger partial charge in [-0.1, -0.05) is 6.92 Å². The maximum atomic E-state index is 3.86. The lowest BCUT2D eigenvalue weighted by molar-refractivity contribution is 0.222. The van der Waals surface area contributed by atoms with E-state index in [1.165, 1.54) is 38.5 Å². The minimum Gasteiger partial charge on any atom is -0.309 e. The number of nitrogens with one attached hydrogen (secondary N) is 1. The van der Waals surface area contributed by atoms with E-state index in [9.17, 15) is 0 Å². The Morgan fingerprint density at radius 1 is 1.33 bits per heavy atom. The van der Waals surface area contributed by atoms with Gasteiger partial charge in [0.25, 0.3) is 0 Å². The largest absolute Gasteiger partial charge is 0.309 e. The highest BCUT2D eigenvalue weighted by atomic mass is 35.5. The van der Waals surface area contributed by atoms with Crippen molar-refractivity contribution in [2.24, 2.45) is 17.3 Å². The van der Waals surface area contributed by atoms with Crippen LogP contribution < -0.4 is 5.32 Å². The molecule has 0 spiro atoms. The summed E-state index contributed by atoms with van der Waals surface area (Å²) in [6.45, 7) is 6.05. The molecule has 0 aliphatic heterocycles. The number of fused-ring (bicyclic) bond motifs is 2. The molecule has 3 aliphatic rings. The topological polar surface area (TPSA) is 12.0 Å². The van der Waals surface area contributed by atoms with Crippen molar-refractivity contribution in [3.05, 3.63) is 21.9 Å². The molecule has 4 atom stereocenters. The van der Waals surface area contributed by atoms with E-state index in [2.05, 4.69) is 30.6 Å². The van der Waals surface area contributed by atoms with Crippen LogP contribution in [0.15, 0.2) is 11.4 Å². The molecule has 3 fully saturated rings. The van der Waals surface area contributed by atoms with E-state index in [0.717, 1.165) is 24.3 Å². The first-order valence-electron chi connectivity index (χ1n) is 8.44. The fourth-order valence-electron chi connectivity index (χ4n) is 4.90. The Hall–Kier alpha value is -0.0500. The van der Waals surface area contributed by atoms with Crippen molar-refractivity contribution in [2.75, 3.05) is 0 Å². The van der Waals surface area contributed by atoms with Crippen molar-refractivity contribution in [1.82, 2.24) is 5.32 Å². The number of hydrogen-bond acceptors (Lipinski definition) is 2. The third-order valence-corrected chi connectivity index (χ3v) is 7.17. The number of hydrogen-bond donors (Lipinski definition) is 1. The molecule has 0 amide bonds. The lowest BCUT2D eigenvalue weighted by atomic mass is 9.79. The Morgan fingerprint density at radius 2 is 2.14 bits per heavy atom. The number of halogens is 1. The summed E-state index contributed by atoms with van der Waals surface area (Å²) in [5.74, 6) is 2.83. The first kappa shape index (κ1) is 15.8. The molecule has 1 nitrogen and oxygen atoms in total. The number of rotatable bonds is 5. The molecule has 21 heavy (non-hydrogen) atoms. The Balaban J connectivity index is 0.00000132. The SMILES string of the molecule is CC(NCc1sccc1C1CC1)[C@H]1C[C@@]2(C)CC[C@H]1C2.Cl. The summed E-state index contributed by atoms with van der Waals surface area (Å²) >= 11 is 1.95. The molecular formula is C18H28ClNS. The summed E-state index contributed by atoms with van der Waals surface area (Å²) in [6.07, 6.45) is 8.77. The molecule has 4 rings (SSSR count). The van der Waals surface area contributed by atoms with Gasteiger partial charge in [0, 0.05) is 17.5 Å². The summed E-state index contributed by atoms with van der Waals surface area (Å²) in [4.78, 5) is 1.61. The van der Waals surface area contributed by atoms with Gasteiger partial charge in [-0.25, -0.2) is 0 Å². The molecule has 1 aromatic rings. The summed E-state index contributed by atoms with van der Waals surface area (Å²) in [5.41, 5.74) is 2.34. The molecule has 0 radical (unpaired) electrons. The van der Waals surface area contributed by atoms with Crippen LogP contribution >= 0.6 is 23.7 Å². The van der Waals surface area contributed by atoms with Crippen LogP contribution in [0.4, 0.5) is 0 Å². The standard InChI is InChI=1S/C18H27NS.ClH/c1-12(16-10-18(2)7-5-14(16)9-18)19-11-17-15(6-8-20-17)13-3-4-13;/h6,8,12-14,16,19H,3-5,7,9-11H2,1-2H3;1H/t12?,14-,16+,18-;/m0./s1. The molecule has 3 saturated carbocycles. The highest BCUT2D eigenvalue weighted by Gasteiger charge is 2.48. The van der Waals surface area contributed by atoms with E-state index < -0.39 is 0 Å². The van der Waals surface area contributed by atoms with E-state index in [1.807, 2.05) is 11.3 Å². The first-order valence-corrected chi connectivity index (χ1v) is 9.32. The van der Waals surface area contributed by atoms with Gasteiger partial charge in [-0.15, -0.1) is 23.7 Å². The zero-order valence-corrected chi connectivity index (χ0v) is 14.9. The number of thiophene rings is 1. The Kier molecular flexibility index (Phi) is 4.42. The Morgan fingerprint density at radius 3 is 2.76 bits per heavy atom. The van der Waals surface area contributed by atoms with Gasteiger partial charge in [0.15, 0.2) is 0 Å². The molecule has 1 unspecified atom stereocenters. The molecule has 0 aromatic carbocycles. The third-order valence-electron chi connectivity index (χ3n) is 6.23. The van der Waals surface area contributed by atoms with Gasteiger partial charge >= 0.3 is 0 Å². The van der Waals surface area contributed by atoms with Crippen molar-refractivity contribution < 1.29 is 0 Å². The van der Waals surface area contributed by atoms with E-state index in [4.69, 9.17) is 0 Å². The normalized spacial score (nSPS) is 35.7. The molecule has 1 N–H and O–H groups in total. The lowest BCUT2D eigenvalue weighted by Crippen LogP contribution is -2.36. The second kappa shape index (κ2) is 5.86. The minimum absolute atomic E-state index is 0. The predicted octanol–water partition coefficient (Wildman–Crippen LogP) is 5.35. The van der Waals surface area contributed by atoms with Crippen LogP contribution in [0.1, 0.15) is 68.7 Å². The maximum Gasteiger partial charge on any atom is 0.0305 e. The molecule has 3 aliphatic carbocycles. The molecular weight excluding hydrogens is 298 g/mol. The van der Waals surface area contributed by atoms with Crippen LogP contribution in [-0.2, 0) is 6.54 Å². The quantitative estimate of drug-likeness (QED) is 0.769. The van der Waals surface area contributed by atoms with Gasteiger partial charge in [-0.2, -0.15) is 0 Å². The summed E-state index contributed by atoms with van der Waals surface area (Å²) in [7, 11) is 0. The fraction of sp³-hybridized carbons (Fsp3) is 0.778. The van der Waals surface area contributed by atoms with E-state index >= 15 is 0 Å². The smallest absolute Gasteiger partial charge is 0.0305 e. The monoisotopic (exact) mass is 325 g/mol. The summed E-state index contributed by atoms with van der Waals surface area (Å²) < 4.78 is 0. The first-order chi connectivity index (χ1) is 9.65. The van der Waals surface area contributed by atoms with Crippen LogP contribution in [-0.4, -0.2) is 6.04 Å². The molecule has 118 valence electrons. The second-order valence-electron chi connectivity index (χ2n) is 7.92. The van der Waals surface area contributed by atoms with Crippen molar-refractivity contribution in [3.63, 3.8) is 0 Å². The molecule has 0 saturated heterocycles. The van der Waals surface area contributed by atoms with E-state index in [1.54, 1.807) is 10.4 Å². The second-order valence-corrected chi connectivity index (χ2v) is 8.93. The average molecular weight is 326 g/mol. The average Bonchev–Trinajstić information content (AvgIpc) is 2.91. The zero-order chi connectivity index (χ0) is 13.7. The van der Waals surface area contributed by atoms with Crippen LogP contribution in [0.5, 0.6) is 0 Å². The Labute approximate surface area is 139 Å². The van der Waals surface area contributed by atoms with E-state index in [0.29, 0.717) is 11.5 Å². The van der Waals surface area contributed by atoms with Crippen LogP contribution in [0.25, 0.3) is 0 Å². The highest BCUT2D eigenvalue weighted by molar-refractivity contribution is 7.10. The molecule has 3 heteroatoms. The lowest BCUT2D eigenvalue weighted by Gasteiger charge is -2.31. The van der Waals surface area contributed by atoms with Crippen LogP contribution in [0.2, 0.25) is 0 Å². The van der Waals surface area contributed by atoms with E-state index in [-0.39, 0.29) is 12.4 Å². The molecule has 1 aromatic heterocycles. The Bertz CT molecular complexity index is 495. The molecule has 2 bridgehead atoms. The van der Waals surface area contributed by atoms with Crippen LogP contribution in [0, 0.1) is 17.3 Å². The van der Waals surface area contributed by atoms with Gasteiger partial charge in [0.2, 0.25) is 0 Å². The van der Waals surface area contributed by atoms with Crippen LogP contribution in [0.3, 0.4) is 0 Å².